The normalized spacial score (nSPS) is 16.6. The van der Waals surface area contributed by atoms with Crippen molar-refractivity contribution in [3.05, 3.63) is 41.5 Å². The van der Waals surface area contributed by atoms with Gasteiger partial charge < -0.3 is 14.2 Å². The highest BCUT2D eigenvalue weighted by molar-refractivity contribution is 5.97. The summed E-state index contributed by atoms with van der Waals surface area (Å²) in [5, 5.41) is 3.91. The minimum absolute atomic E-state index is 0.0514. The molecule has 0 aliphatic carbocycles. The number of aromatic nitrogens is 2. The van der Waals surface area contributed by atoms with Gasteiger partial charge in [-0.2, -0.15) is 13.8 Å². The second kappa shape index (κ2) is 8.43. The predicted molar refractivity (Wildman–Crippen MR) is 92.6 cm³/mol. The zero-order chi connectivity index (χ0) is 19.4. The van der Waals surface area contributed by atoms with Crippen molar-refractivity contribution >= 4 is 5.91 Å². The fourth-order valence-corrected chi connectivity index (χ4v) is 3.06. The Balaban J connectivity index is 1.63. The van der Waals surface area contributed by atoms with Gasteiger partial charge in [-0.25, -0.2) is 0 Å². The van der Waals surface area contributed by atoms with Gasteiger partial charge in [0.25, 0.3) is 5.91 Å². The number of alkyl halides is 2. The Morgan fingerprint density at radius 1 is 1.26 bits per heavy atom. The lowest BCUT2D eigenvalue weighted by molar-refractivity contribution is -0.0503. The number of benzene rings is 1. The molecule has 9 heteroatoms. The number of aryl methyl sites for hydroxylation is 1. The number of hydrogen-bond acceptors (Lipinski definition) is 6. The molecule has 146 valence electrons. The molecule has 0 radical (unpaired) electrons. The van der Waals surface area contributed by atoms with Crippen molar-refractivity contribution < 1.29 is 22.8 Å². The standard InChI is InChI=1S/C18H22F2N4O3/c1-3-15-21-16(27-22-15)12(2)23-8-10-24(11-9-23)17(25)13-6-4-5-7-14(13)26-18(19)20/h4-7,12,18H,3,8-11H2,1-2H3/t12-/m1/s1. The minimum Gasteiger partial charge on any atom is -0.434 e. The summed E-state index contributed by atoms with van der Waals surface area (Å²) in [5.74, 6) is 0.805. The van der Waals surface area contributed by atoms with E-state index >= 15 is 0 Å². The predicted octanol–water partition coefficient (Wildman–Crippen LogP) is 2.75. The quantitative estimate of drug-likeness (QED) is 0.767. The van der Waals surface area contributed by atoms with Gasteiger partial charge in [0.05, 0.1) is 11.6 Å². The minimum atomic E-state index is -2.97. The molecule has 3 rings (SSSR count). The number of piperazine rings is 1. The largest absolute Gasteiger partial charge is 0.434 e. The average molecular weight is 380 g/mol. The SMILES string of the molecule is CCc1noc([C@@H](C)N2CCN(C(=O)c3ccccc3OC(F)F)CC2)n1. The Morgan fingerprint density at radius 3 is 2.59 bits per heavy atom. The van der Waals surface area contributed by atoms with Crippen molar-refractivity contribution in [2.24, 2.45) is 0 Å². The molecule has 1 saturated heterocycles. The van der Waals surface area contributed by atoms with Crippen LogP contribution in [0.3, 0.4) is 0 Å². The van der Waals surface area contributed by atoms with Crippen LogP contribution in [0.4, 0.5) is 8.78 Å². The van der Waals surface area contributed by atoms with Crippen LogP contribution >= 0.6 is 0 Å². The maximum absolute atomic E-state index is 12.7. The maximum Gasteiger partial charge on any atom is 0.387 e. The van der Waals surface area contributed by atoms with E-state index in [2.05, 4.69) is 19.8 Å². The number of carbonyl (C=O) groups is 1. The molecule has 1 atom stereocenters. The van der Waals surface area contributed by atoms with Crippen LogP contribution in [0.1, 0.15) is 42.0 Å². The number of ether oxygens (including phenoxy) is 1. The van der Waals surface area contributed by atoms with E-state index in [1.807, 2.05) is 13.8 Å². The van der Waals surface area contributed by atoms with Crippen molar-refractivity contribution in [2.45, 2.75) is 32.9 Å². The lowest BCUT2D eigenvalue weighted by Gasteiger charge is -2.37. The lowest BCUT2D eigenvalue weighted by atomic mass is 10.1. The summed E-state index contributed by atoms with van der Waals surface area (Å²) < 4.78 is 34.9. The molecule has 1 aliphatic rings. The Kier molecular flexibility index (Phi) is 6.00. The van der Waals surface area contributed by atoms with Crippen LogP contribution < -0.4 is 4.74 Å². The fraction of sp³-hybridized carbons (Fsp3) is 0.500. The Bertz CT molecular complexity index is 775. The molecule has 1 aliphatic heterocycles. The molecule has 2 heterocycles. The second-order valence-electron chi connectivity index (χ2n) is 6.28. The van der Waals surface area contributed by atoms with E-state index in [-0.39, 0.29) is 23.3 Å². The molecule has 7 nitrogen and oxygen atoms in total. The van der Waals surface area contributed by atoms with E-state index in [0.717, 1.165) is 0 Å². The first-order valence-corrected chi connectivity index (χ1v) is 8.89. The van der Waals surface area contributed by atoms with Crippen molar-refractivity contribution in [2.75, 3.05) is 26.2 Å². The molecule has 1 fully saturated rings. The highest BCUT2D eigenvalue weighted by Crippen LogP contribution is 2.24. The van der Waals surface area contributed by atoms with Crippen LogP contribution in [0.15, 0.2) is 28.8 Å². The third kappa shape index (κ3) is 4.41. The third-order valence-electron chi connectivity index (χ3n) is 4.64. The van der Waals surface area contributed by atoms with E-state index in [1.165, 1.54) is 12.1 Å². The highest BCUT2D eigenvalue weighted by Gasteiger charge is 2.29. The number of rotatable bonds is 6. The fourth-order valence-electron chi connectivity index (χ4n) is 3.06. The zero-order valence-corrected chi connectivity index (χ0v) is 15.3. The van der Waals surface area contributed by atoms with Crippen LogP contribution in [-0.4, -0.2) is 58.6 Å². The molecule has 0 bridgehead atoms. The molecule has 1 aromatic carbocycles. The van der Waals surface area contributed by atoms with E-state index in [4.69, 9.17) is 4.52 Å². The molecule has 0 saturated carbocycles. The molecule has 27 heavy (non-hydrogen) atoms. The van der Waals surface area contributed by atoms with Crippen LogP contribution in [0.5, 0.6) is 5.75 Å². The number of carbonyl (C=O) groups excluding carboxylic acids is 1. The first kappa shape index (κ1) is 19.2. The summed E-state index contributed by atoms with van der Waals surface area (Å²) in [7, 11) is 0. The van der Waals surface area contributed by atoms with E-state index in [9.17, 15) is 13.6 Å². The van der Waals surface area contributed by atoms with Gasteiger partial charge in [0.15, 0.2) is 5.82 Å². The summed E-state index contributed by atoms with van der Waals surface area (Å²) in [6, 6.07) is 6.01. The number of halogens is 2. The van der Waals surface area contributed by atoms with Gasteiger partial charge in [-0.1, -0.05) is 24.2 Å². The molecule has 1 amide bonds. The first-order chi connectivity index (χ1) is 13.0. The summed E-state index contributed by atoms with van der Waals surface area (Å²) in [6.45, 7) is 3.15. The van der Waals surface area contributed by atoms with Crippen LogP contribution in [-0.2, 0) is 6.42 Å². The molecule has 0 N–H and O–H groups in total. The van der Waals surface area contributed by atoms with Gasteiger partial charge >= 0.3 is 6.61 Å². The summed E-state index contributed by atoms with van der Waals surface area (Å²) in [5.41, 5.74) is 0.142. The van der Waals surface area contributed by atoms with E-state index in [1.54, 1.807) is 17.0 Å². The number of amides is 1. The summed E-state index contributed by atoms with van der Waals surface area (Å²) in [4.78, 5) is 20.9. The Hall–Kier alpha value is -2.55. The van der Waals surface area contributed by atoms with Crippen molar-refractivity contribution in [1.29, 1.82) is 0 Å². The first-order valence-electron chi connectivity index (χ1n) is 8.89. The van der Waals surface area contributed by atoms with Crippen LogP contribution in [0.25, 0.3) is 0 Å². The van der Waals surface area contributed by atoms with Crippen molar-refractivity contribution in [3.8, 4) is 5.75 Å². The second-order valence-corrected chi connectivity index (χ2v) is 6.28. The maximum atomic E-state index is 12.7. The molecule has 0 unspecified atom stereocenters. The zero-order valence-electron chi connectivity index (χ0n) is 15.3. The molecular weight excluding hydrogens is 358 g/mol. The van der Waals surface area contributed by atoms with Crippen LogP contribution in [0, 0.1) is 0 Å². The molecule has 2 aromatic rings. The monoisotopic (exact) mass is 380 g/mol. The molecule has 0 spiro atoms. The van der Waals surface area contributed by atoms with Crippen LogP contribution in [0.2, 0.25) is 0 Å². The van der Waals surface area contributed by atoms with Gasteiger partial charge in [0.2, 0.25) is 5.89 Å². The Labute approximate surface area is 155 Å². The summed E-state index contributed by atoms with van der Waals surface area (Å²) in [6.07, 6.45) is 0.707. The van der Waals surface area contributed by atoms with Gasteiger partial charge in [0, 0.05) is 32.6 Å². The van der Waals surface area contributed by atoms with E-state index in [0.29, 0.717) is 44.3 Å². The van der Waals surface area contributed by atoms with Gasteiger partial charge in [-0.05, 0) is 19.1 Å². The third-order valence-corrected chi connectivity index (χ3v) is 4.64. The smallest absolute Gasteiger partial charge is 0.387 e. The number of para-hydroxylation sites is 1. The number of nitrogens with zero attached hydrogens (tertiary/aromatic N) is 4. The van der Waals surface area contributed by atoms with E-state index < -0.39 is 6.61 Å². The average Bonchev–Trinajstić information content (AvgIpc) is 3.16. The Morgan fingerprint density at radius 2 is 1.96 bits per heavy atom. The molecule has 1 aromatic heterocycles. The summed E-state index contributed by atoms with van der Waals surface area (Å²) >= 11 is 0. The highest BCUT2D eigenvalue weighted by atomic mass is 19.3. The molecular formula is C18H22F2N4O3. The topological polar surface area (TPSA) is 71.7 Å². The lowest BCUT2D eigenvalue weighted by Crippen LogP contribution is -2.49. The van der Waals surface area contributed by atoms with Gasteiger partial charge in [0.1, 0.15) is 5.75 Å². The van der Waals surface area contributed by atoms with Crippen molar-refractivity contribution in [3.63, 3.8) is 0 Å². The number of hydrogen-bond donors (Lipinski definition) is 0. The van der Waals surface area contributed by atoms with Crippen molar-refractivity contribution in [1.82, 2.24) is 19.9 Å². The van der Waals surface area contributed by atoms with Gasteiger partial charge in [-0.3, -0.25) is 9.69 Å². The van der Waals surface area contributed by atoms with Gasteiger partial charge in [-0.15, -0.1) is 0 Å².